The summed E-state index contributed by atoms with van der Waals surface area (Å²) in [6.45, 7) is 5.13. The Balaban J connectivity index is 1.85. The molecule has 0 fully saturated rings. The zero-order valence-electron chi connectivity index (χ0n) is 12.6. The van der Waals surface area contributed by atoms with Crippen LogP contribution in [-0.4, -0.2) is 30.1 Å². The predicted molar refractivity (Wildman–Crippen MR) is 85.5 cm³/mol. The lowest BCUT2D eigenvalue weighted by atomic mass is 10.2. The van der Waals surface area contributed by atoms with Gasteiger partial charge in [-0.05, 0) is 44.5 Å². The number of ether oxygens (including phenoxy) is 1. The van der Waals surface area contributed by atoms with Gasteiger partial charge in [0.05, 0.1) is 6.10 Å². The number of hydrogen-bond donors (Lipinski definition) is 1. The van der Waals surface area contributed by atoms with E-state index in [2.05, 4.69) is 10.3 Å². The van der Waals surface area contributed by atoms with Gasteiger partial charge in [0.1, 0.15) is 16.5 Å². The number of rotatable bonds is 7. The normalized spacial score (nSPS) is 10.9. The highest BCUT2D eigenvalue weighted by Crippen LogP contribution is 2.23. The van der Waals surface area contributed by atoms with Crippen LogP contribution in [0.5, 0.6) is 0 Å². The second kappa shape index (κ2) is 8.00. The van der Waals surface area contributed by atoms with Crippen LogP contribution < -0.4 is 5.32 Å². The quantitative estimate of drug-likeness (QED) is 0.794. The second-order valence-electron chi connectivity index (χ2n) is 5.07. The van der Waals surface area contributed by atoms with Gasteiger partial charge in [-0.25, -0.2) is 9.37 Å². The lowest BCUT2D eigenvalue weighted by Crippen LogP contribution is -2.25. The van der Waals surface area contributed by atoms with E-state index in [0.717, 1.165) is 12.0 Å². The fourth-order valence-corrected chi connectivity index (χ4v) is 2.59. The number of amides is 1. The van der Waals surface area contributed by atoms with Gasteiger partial charge in [0.15, 0.2) is 0 Å². The maximum absolute atomic E-state index is 12.9. The molecule has 1 aromatic heterocycles. The van der Waals surface area contributed by atoms with E-state index in [1.54, 1.807) is 17.5 Å². The summed E-state index contributed by atoms with van der Waals surface area (Å²) in [7, 11) is 0. The van der Waals surface area contributed by atoms with Crippen LogP contribution >= 0.6 is 11.3 Å². The number of nitrogens with one attached hydrogen (secondary N) is 1. The molecule has 1 amide bonds. The van der Waals surface area contributed by atoms with Crippen LogP contribution in [0.3, 0.4) is 0 Å². The first-order chi connectivity index (χ1) is 10.6. The third-order valence-corrected chi connectivity index (χ3v) is 3.78. The van der Waals surface area contributed by atoms with Crippen molar-refractivity contribution >= 4 is 17.2 Å². The molecular weight excluding hydrogens is 303 g/mol. The zero-order valence-corrected chi connectivity index (χ0v) is 13.5. The summed E-state index contributed by atoms with van der Waals surface area (Å²) in [6, 6.07) is 6.06. The summed E-state index contributed by atoms with van der Waals surface area (Å²) in [5.74, 6) is -0.490. The van der Waals surface area contributed by atoms with Crippen molar-refractivity contribution in [2.45, 2.75) is 26.4 Å². The van der Waals surface area contributed by atoms with Gasteiger partial charge in [-0.15, -0.1) is 11.3 Å². The number of carbonyl (C=O) groups excluding carboxylic acids is 1. The van der Waals surface area contributed by atoms with Crippen LogP contribution in [0.4, 0.5) is 4.39 Å². The Hall–Kier alpha value is -1.79. The van der Waals surface area contributed by atoms with Crippen molar-refractivity contribution in [2.75, 3.05) is 13.2 Å². The zero-order chi connectivity index (χ0) is 15.9. The van der Waals surface area contributed by atoms with Gasteiger partial charge < -0.3 is 10.1 Å². The third kappa shape index (κ3) is 4.89. The molecule has 1 aromatic carbocycles. The molecule has 118 valence electrons. The summed E-state index contributed by atoms with van der Waals surface area (Å²) in [5.41, 5.74) is 1.19. The molecule has 0 saturated heterocycles. The summed E-state index contributed by atoms with van der Waals surface area (Å²) in [6.07, 6.45) is 0.964. The smallest absolute Gasteiger partial charge is 0.270 e. The molecule has 2 aromatic rings. The molecule has 0 spiro atoms. The molecule has 2 rings (SSSR count). The number of hydrogen-bond acceptors (Lipinski definition) is 4. The van der Waals surface area contributed by atoms with E-state index in [9.17, 15) is 9.18 Å². The molecule has 0 aliphatic rings. The van der Waals surface area contributed by atoms with Crippen LogP contribution in [-0.2, 0) is 4.74 Å². The van der Waals surface area contributed by atoms with Crippen molar-refractivity contribution in [3.63, 3.8) is 0 Å². The Labute approximate surface area is 133 Å². The SMILES string of the molecule is CC(C)OCCCNC(=O)c1csc(-c2ccc(F)cc2)n1. The van der Waals surface area contributed by atoms with E-state index in [4.69, 9.17) is 4.74 Å². The van der Waals surface area contributed by atoms with Crippen molar-refractivity contribution in [2.24, 2.45) is 0 Å². The van der Waals surface area contributed by atoms with E-state index in [1.165, 1.54) is 23.5 Å². The van der Waals surface area contributed by atoms with E-state index < -0.39 is 0 Å². The Kier molecular flexibility index (Phi) is 6.03. The minimum atomic E-state index is -0.290. The molecule has 0 bridgehead atoms. The number of halogens is 1. The van der Waals surface area contributed by atoms with Crippen molar-refractivity contribution in [1.29, 1.82) is 0 Å². The number of carbonyl (C=O) groups is 1. The number of benzene rings is 1. The van der Waals surface area contributed by atoms with Crippen molar-refractivity contribution in [1.82, 2.24) is 10.3 Å². The van der Waals surface area contributed by atoms with E-state index in [1.807, 2.05) is 13.8 Å². The van der Waals surface area contributed by atoms with Crippen LogP contribution in [0.15, 0.2) is 29.6 Å². The Bertz CT molecular complexity index is 611. The molecule has 6 heteroatoms. The molecule has 1 N–H and O–H groups in total. The fraction of sp³-hybridized carbons (Fsp3) is 0.375. The van der Waals surface area contributed by atoms with Gasteiger partial charge in [-0.1, -0.05) is 0 Å². The predicted octanol–water partition coefficient (Wildman–Crippen LogP) is 3.49. The number of nitrogens with zero attached hydrogens (tertiary/aromatic N) is 1. The Morgan fingerprint density at radius 3 is 2.77 bits per heavy atom. The van der Waals surface area contributed by atoms with Crippen LogP contribution in [0, 0.1) is 5.82 Å². The molecule has 0 aliphatic carbocycles. The fourth-order valence-electron chi connectivity index (χ4n) is 1.79. The van der Waals surface area contributed by atoms with Gasteiger partial charge in [0.25, 0.3) is 5.91 Å². The van der Waals surface area contributed by atoms with E-state index in [-0.39, 0.29) is 17.8 Å². The first-order valence-electron chi connectivity index (χ1n) is 7.17. The topological polar surface area (TPSA) is 51.2 Å². The summed E-state index contributed by atoms with van der Waals surface area (Å²) >= 11 is 1.37. The molecular formula is C16H19FN2O2S. The molecule has 0 radical (unpaired) electrons. The van der Waals surface area contributed by atoms with Crippen LogP contribution in [0.1, 0.15) is 30.8 Å². The van der Waals surface area contributed by atoms with Crippen LogP contribution in [0.25, 0.3) is 10.6 Å². The Morgan fingerprint density at radius 1 is 1.36 bits per heavy atom. The van der Waals surface area contributed by atoms with Gasteiger partial charge in [-0.2, -0.15) is 0 Å². The van der Waals surface area contributed by atoms with Crippen molar-refractivity contribution < 1.29 is 13.9 Å². The molecule has 1 heterocycles. The molecule has 0 saturated carbocycles. The maximum Gasteiger partial charge on any atom is 0.270 e. The molecule has 0 aliphatic heterocycles. The number of thiazole rings is 1. The summed E-state index contributed by atoms with van der Waals surface area (Å²) < 4.78 is 18.3. The Morgan fingerprint density at radius 2 is 2.09 bits per heavy atom. The highest BCUT2D eigenvalue weighted by Gasteiger charge is 2.11. The second-order valence-corrected chi connectivity index (χ2v) is 5.93. The summed E-state index contributed by atoms with van der Waals surface area (Å²) in [5, 5.41) is 5.22. The minimum Gasteiger partial charge on any atom is -0.379 e. The van der Waals surface area contributed by atoms with Crippen molar-refractivity contribution in [3.05, 3.63) is 41.2 Å². The van der Waals surface area contributed by atoms with Crippen molar-refractivity contribution in [3.8, 4) is 10.6 Å². The van der Waals surface area contributed by atoms with Gasteiger partial charge in [-0.3, -0.25) is 4.79 Å². The maximum atomic E-state index is 12.9. The molecule has 0 unspecified atom stereocenters. The lowest BCUT2D eigenvalue weighted by Gasteiger charge is -2.07. The minimum absolute atomic E-state index is 0.200. The highest BCUT2D eigenvalue weighted by molar-refractivity contribution is 7.13. The van der Waals surface area contributed by atoms with Gasteiger partial charge in [0, 0.05) is 24.1 Å². The van der Waals surface area contributed by atoms with Gasteiger partial charge >= 0.3 is 0 Å². The number of aromatic nitrogens is 1. The molecule has 4 nitrogen and oxygen atoms in total. The van der Waals surface area contributed by atoms with E-state index >= 15 is 0 Å². The largest absolute Gasteiger partial charge is 0.379 e. The monoisotopic (exact) mass is 322 g/mol. The van der Waals surface area contributed by atoms with Gasteiger partial charge in [0.2, 0.25) is 0 Å². The lowest BCUT2D eigenvalue weighted by molar-refractivity contribution is 0.0756. The summed E-state index contributed by atoms with van der Waals surface area (Å²) in [4.78, 5) is 16.3. The average molecular weight is 322 g/mol. The molecule has 22 heavy (non-hydrogen) atoms. The average Bonchev–Trinajstić information content (AvgIpc) is 2.97. The third-order valence-electron chi connectivity index (χ3n) is 2.89. The standard InChI is InChI=1S/C16H19FN2O2S/c1-11(2)21-9-3-8-18-15(20)14-10-22-16(19-14)12-4-6-13(17)7-5-12/h4-7,10-11H,3,8-9H2,1-2H3,(H,18,20). The molecule has 0 atom stereocenters. The first kappa shape index (κ1) is 16.6. The first-order valence-corrected chi connectivity index (χ1v) is 8.05. The van der Waals surface area contributed by atoms with Crippen LogP contribution in [0.2, 0.25) is 0 Å². The van der Waals surface area contributed by atoms with E-state index in [0.29, 0.717) is 23.9 Å². The highest BCUT2D eigenvalue weighted by atomic mass is 32.1.